The maximum absolute atomic E-state index is 13.1. The molecule has 5 rings (SSSR count). The number of aromatic nitrogens is 3. The van der Waals surface area contributed by atoms with Gasteiger partial charge in [-0.1, -0.05) is 18.2 Å². The molecule has 2 aliphatic heterocycles. The summed E-state index contributed by atoms with van der Waals surface area (Å²) in [6.07, 6.45) is 3.21. The van der Waals surface area contributed by atoms with Crippen molar-refractivity contribution in [1.82, 2.24) is 24.6 Å². The molecule has 0 N–H and O–H groups in total. The predicted molar refractivity (Wildman–Crippen MR) is 105 cm³/mol. The normalized spacial score (nSPS) is 16.2. The van der Waals surface area contributed by atoms with Gasteiger partial charge in [-0.15, -0.1) is 10.2 Å². The van der Waals surface area contributed by atoms with E-state index in [1.165, 1.54) is 5.56 Å². The van der Waals surface area contributed by atoms with Crippen LogP contribution in [0.4, 0.5) is 0 Å². The zero-order valence-corrected chi connectivity index (χ0v) is 15.9. The molecule has 1 saturated heterocycles. The molecular weight excluding hydrogens is 370 g/mol. The fourth-order valence-corrected chi connectivity index (χ4v) is 3.78. The minimum absolute atomic E-state index is 0.0389. The fourth-order valence-electron chi connectivity index (χ4n) is 3.78. The van der Waals surface area contributed by atoms with E-state index < -0.39 is 0 Å². The van der Waals surface area contributed by atoms with Crippen LogP contribution in [0.25, 0.3) is 5.69 Å². The molecule has 2 aromatic carbocycles. The standard InChI is InChI=1S/C21H21N5O3/c27-21(17-3-1-2-4-18(17)26-13-22-23-14-26)25-9-7-24(8-10-25)12-16-5-6-19-20(11-16)29-15-28-19/h1-6,11,13-14H,7-10,12,15H2. The molecule has 8 heteroatoms. The number of hydrogen-bond acceptors (Lipinski definition) is 6. The molecule has 1 amide bonds. The second-order valence-corrected chi connectivity index (χ2v) is 7.14. The molecule has 1 fully saturated rings. The number of nitrogens with zero attached hydrogens (tertiary/aromatic N) is 5. The Morgan fingerprint density at radius 1 is 0.931 bits per heavy atom. The molecule has 29 heavy (non-hydrogen) atoms. The van der Waals surface area contributed by atoms with E-state index in [-0.39, 0.29) is 12.7 Å². The monoisotopic (exact) mass is 391 g/mol. The average molecular weight is 391 g/mol. The molecule has 148 valence electrons. The average Bonchev–Trinajstić information content (AvgIpc) is 3.46. The van der Waals surface area contributed by atoms with E-state index in [2.05, 4.69) is 21.2 Å². The van der Waals surface area contributed by atoms with E-state index in [0.29, 0.717) is 18.7 Å². The summed E-state index contributed by atoms with van der Waals surface area (Å²) in [7, 11) is 0. The van der Waals surface area contributed by atoms with Crippen LogP contribution in [0.1, 0.15) is 15.9 Å². The van der Waals surface area contributed by atoms with E-state index in [9.17, 15) is 4.79 Å². The van der Waals surface area contributed by atoms with Crippen molar-refractivity contribution >= 4 is 5.91 Å². The summed E-state index contributed by atoms with van der Waals surface area (Å²) in [5.74, 6) is 1.65. The zero-order valence-electron chi connectivity index (χ0n) is 15.9. The number of para-hydroxylation sites is 1. The van der Waals surface area contributed by atoms with Crippen molar-refractivity contribution < 1.29 is 14.3 Å². The second-order valence-electron chi connectivity index (χ2n) is 7.14. The first-order valence-corrected chi connectivity index (χ1v) is 9.62. The van der Waals surface area contributed by atoms with E-state index in [1.807, 2.05) is 41.3 Å². The van der Waals surface area contributed by atoms with E-state index in [1.54, 1.807) is 17.2 Å². The Labute approximate surface area is 168 Å². The lowest BCUT2D eigenvalue weighted by molar-refractivity contribution is 0.0628. The van der Waals surface area contributed by atoms with Gasteiger partial charge in [0.2, 0.25) is 6.79 Å². The lowest BCUT2D eigenvalue weighted by Crippen LogP contribution is -2.48. The van der Waals surface area contributed by atoms with Gasteiger partial charge in [0.15, 0.2) is 11.5 Å². The summed E-state index contributed by atoms with van der Waals surface area (Å²) in [5.41, 5.74) is 2.65. The maximum Gasteiger partial charge on any atom is 0.256 e. The summed E-state index contributed by atoms with van der Waals surface area (Å²) in [6.45, 7) is 4.16. The summed E-state index contributed by atoms with van der Waals surface area (Å²) in [6, 6.07) is 13.6. The van der Waals surface area contributed by atoms with Crippen LogP contribution in [-0.2, 0) is 6.54 Å². The maximum atomic E-state index is 13.1. The first-order chi connectivity index (χ1) is 14.3. The highest BCUT2D eigenvalue weighted by atomic mass is 16.7. The molecule has 0 unspecified atom stereocenters. The van der Waals surface area contributed by atoms with Crippen molar-refractivity contribution in [1.29, 1.82) is 0 Å². The van der Waals surface area contributed by atoms with Crippen molar-refractivity contribution in [3.63, 3.8) is 0 Å². The summed E-state index contributed by atoms with van der Waals surface area (Å²) in [5, 5.41) is 7.70. The second kappa shape index (κ2) is 7.56. The third-order valence-corrected chi connectivity index (χ3v) is 5.33. The Morgan fingerprint density at radius 2 is 1.69 bits per heavy atom. The number of carbonyl (C=O) groups excluding carboxylic acids is 1. The van der Waals surface area contributed by atoms with Gasteiger partial charge < -0.3 is 14.4 Å². The van der Waals surface area contributed by atoms with Crippen molar-refractivity contribution in [3.05, 3.63) is 66.2 Å². The van der Waals surface area contributed by atoms with Gasteiger partial charge in [0.25, 0.3) is 5.91 Å². The fraction of sp³-hybridized carbons (Fsp3) is 0.286. The molecule has 0 atom stereocenters. The Bertz CT molecular complexity index is 1010. The van der Waals surface area contributed by atoms with Crippen LogP contribution in [0, 0.1) is 0 Å². The Morgan fingerprint density at radius 3 is 2.52 bits per heavy atom. The van der Waals surface area contributed by atoms with E-state index >= 15 is 0 Å². The van der Waals surface area contributed by atoms with Crippen molar-refractivity contribution in [2.45, 2.75) is 6.54 Å². The van der Waals surface area contributed by atoms with Gasteiger partial charge >= 0.3 is 0 Å². The van der Waals surface area contributed by atoms with Crippen LogP contribution in [0.15, 0.2) is 55.1 Å². The molecule has 1 aromatic heterocycles. The largest absolute Gasteiger partial charge is 0.454 e. The highest BCUT2D eigenvalue weighted by Crippen LogP contribution is 2.32. The molecule has 0 aliphatic carbocycles. The van der Waals surface area contributed by atoms with E-state index in [4.69, 9.17) is 9.47 Å². The van der Waals surface area contributed by atoms with Crippen molar-refractivity contribution in [3.8, 4) is 17.2 Å². The topological polar surface area (TPSA) is 72.7 Å². The summed E-state index contributed by atoms with van der Waals surface area (Å²) >= 11 is 0. The van der Waals surface area contributed by atoms with Gasteiger partial charge in [-0.2, -0.15) is 0 Å². The van der Waals surface area contributed by atoms with Crippen molar-refractivity contribution in [2.75, 3.05) is 33.0 Å². The molecule has 8 nitrogen and oxygen atoms in total. The van der Waals surface area contributed by atoms with Gasteiger partial charge in [0, 0.05) is 32.7 Å². The van der Waals surface area contributed by atoms with Crippen LogP contribution in [0.5, 0.6) is 11.5 Å². The number of fused-ring (bicyclic) bond motifs is 1. The molecule has 0 saturated carbocycles. The molecule has 3 aromatic rings. The van der Waals surface area contributed by atoms with Gasteiger partial charge in [-0.3, -0.25) is 14.3 Å². The SMILES string of the molecule is O=C(c1ccccc1-n1cnnc1)N1CCN(Cc2ccc3c(c2)OCO3)CC1. The van der Waals surface area contributed by atoms with Crippen LogP contribution in [-0.4, -0.2) is 63.4 Å². The highest BCUT2D eigenvalue weighted by Gasteiger charge is 2.24. The van der Waals surface area contributed by atoms with Gasteiger partial charge in [0.05, 0.1) is 11.3 Å². The molecule has 3 heterocycles. The smallest absolute Gasteiger partial charge is 0.256 e. The Kier molecular flexibility index (Phi) is 4.61. The molecule has 0 bridgehead atoms. The zero-order chi connectivity index (χ0) is 19.6. The Hall–Kier alpha value is -3.39. The number of piperazine rings is 1. The first-order valence-electron chi connectivity index (χ1n) is 9.62. The minimum atomic E-state index is 0.0389. The molecular formula is C21H21N5O3. The molecule has 2 aliphatic rings. The minimum Gasteiger partial charge on any atom is -0.454 e. The van der Waals surface area contributed by atoms with Crippen LogP contribution in [0.3, 0.4) is 0 Å². The lowest BCUT2D eigenvalue weighted by Gasteiger charge is -2.35. The summed E-state index contributed by atoms with van der Waals surface area (Å²) < 4.78 is 12.6. The first kappa shape index (κ1) is 17.7. The summed E-state index contributed by atoms with van der Waals surface area (Å²) in [4.78, 5) is 17.4. The van der Waals surface area contributed by atoms with Gasteiger partial charge in [-0.05, 0) is 29.8 Å². The highest BCUT2D eigenvalue weighted by molar-refractivity contribution is 5.97. The lowest BCUT2D eigenvalue weighted by atomic mass is 10.1. The number of carbonyl (C=O) groups is 1. The molecule has 0 radical (unpaired) electrons. The Balaban J connectivity index is 1.24. The van der Waals surface area contributed by atoms with Crippen molar-refractivity contribution in [2.24, 2.45) is 0 Å². The number of benzene rings is 2. The third-order valence-electron chi connectivity index (χ3n) is 5.33. The number of amides is 1. The number of rotatable bonds is 4. The quantitative estimate of drug-likeness (QED) is 0.677. The molecule has 0 spiro atoms. The van der Waals surface area contributed by atoms with Gasteiger partial charge in [0.1, 0.15) is 12.7 Å². The van der Waals surface area contributed by atoms with Crippen LogP contribution < -0.4 is 9.47 Å². The number of ether oxygens (including phenoxy) is 2. The number of hydrogen-bond donors (Lipinski definition) is 0. The van der Waals surface area contributed by atoms with E-state index in [0.717, 1.165) is 36.8 Å². The predicted octanol–water partition coefficient (Wildman–Crippen LogP) is 1.95. The van der Waals surface area contributed by atoms with Gasteiger partial charge in [-0.25, -0.2) is 0 Å². The third kappa shape index (κ3) is 3.54. The van der Waals surface area contributed by atoms with Crippen LogP contribution >= 0.6 is 0 Å². The van der Waals surface area contributed by atoms with Crippen LogP contribution in [0.2, 0.25) is 0 Å².